The summed E-state index contributed by atoms with van der Waals surface area (Å²) in [4.78, 5) is 7.98. The first-order valence-electron chi connectivity index (χ1n) is 4.02. The lowest BCUT2D eigenvalue weighted by molar-refractivity contribution is 0.820. The highest BCUT2D eigenvalue weighted by molar-refractivity contribution is 9.10. The number of nitrogens with zero attached hydrogens (tertiary/aromatic N) is 2. The molecule has 2 aromatic heterocycles. The predicted octanol–water partition coefficient (Wildman–Crippen LogP) is 2.35. The maximum atomic E-state index is 6.05. The van der Waals surface area contributed by atoms with Crippen LogP contribution in [0.1, 0.15) is 17.3 Å². The zero-order chi connectivity index (χ0) is 9.97. The highest BCUT2D eigenvalue weighted by Crippen LogP contribution is 2.28. The third-order valence-corrected chi connectivity index (χ3v) is 3.65. The number of halogens is 1. The first-order chi connectivity index (χ1) is 6.79. The number of rotatable bonds is 2. The Morgan fingerprint density at radius 2 is 2.29 bits per heavy atom. The number of aromatic nitrogens is 2. The Bertz CT molecular complexity index is 415. The summed E-state index contributed by atoms with van der Waals surface area (Å²) in [5.74, 6) is 0. The van der Waals surface area contributed by atoms with Gasteiger partial charge in [-0.25, -0.2) is 9.97 Å². The fraction of sp³-hybridized carbons (Fsp3) is 0.111. The minimum atomic E-state index is -0.182. The Hall–Kier alpha value is -0.780. The van der Waals surface area contributed by atoms with Gasteiger partial charge in [-0.05, 0) is 32.9 Å². The summed E-state index contributed by atoms with van der Waals surface area (Å²) in [6, 6.07) is 1.65. The highest BCUT2D eigenvalue weighted by atomic mass is 79.9. The molecule has 72 valence electrons. The fourth-order valence-corrected chi connectivity index (χ4v) is 2.74. The van der Waals surface area contributed by atoms with Crippen molar-refractivity contribution in [2.24, 2.45) is 5.73 Å². The minimum Gasteiger partial charge on any atom is -0.319 e. The highest BCUT2D eigenvalue weighted by Gasteiger charge is 2.13. The van der Waals surface area contributed by atoms with Gasteiger partial charge in [-0.15, -0.1) is 0 Å². The summed E-state index contributed by atoms with van der Waals surface area (Å²) >= 11 is 5.07. The third kappa shape index (κ3) is 1.84. The van der Waals surface area contributed by atoms with Crippen molar-refractivity contribution in [3.63, 3.8) is 0 Å². The van der Waals surface area contributed by atoms with E-state index in [0.717, 1.165) is 15.7 Å². The lowest BCUT2D eigenvalue weighted by Crippen LogP contribution is -2.13. The van der Waals surface area contributed by atoms with E-state index in [-0.39, 0.29) is 6.04 Å². The van der Waals surface area contributed by atoms with Crippen LogP contribution < -0.4 is 5.73 Å². The fourth-order valence-electron chi connectivity index (χ4n) is 1.16. The van der Waals surface area contributed by atoms with Gasteiger partial charge in [-0.2, -0.15) is 11.3 Å². The van der Waals surface area contributed by atoms with Crippen LogP contribution in [0.2, 0.25) is 0 Å². The van der Waals surface area contributed by atoms with E-state index in [0.29, 0.717) is 0 Å². The van der Waals surface area contributed by atoms with Crippen LogP contribution >= 0.6 is 27.3 Å². The molecule has 0 spiro atoms. The average Bonchev–Trinajstić information content (AvgIpc) is 2.65. The SMILES string of the molecule is NC(c1ccncn1)c1cscc1Br. The van der Waals surface area contributed by atoms with Crippen LogP contribution in [0, 0.1) is 0 Å². The van der Waals surface area contributed by atoms with Crippen molar-refractivity contribution >= 4 is 27.3 Å². The van der Waals surface area contributed by atoms with Crippen LogP contribution in [0.25, 0.3) is 0 Å². The molecule has 2 N–H and O–H groups in total. The van der Waals surface area contributed by atoms with Gasteiger partial charge in [-0.1, -0.05) is 0 Å². The normalized spacial score (nSPS) is 12.7. The lowest BCUT2D eigenvalue weighted by Gasteiger charge is -2.09. The van der Waals surface area contributed by atoms with Crippen molar-refractivity contribution in [2.75, 3.05) is 0 Å². The topological polar surface area (TPSA) is 51.8 Å². The summed E-state index contributed by atoms with van der Waals surface area (Å²) in [7, 11) is 0. The van der Waals surface area contributed by atoms with Crippen LogP contribution in [0.5, 0.6) is 0 Å². The molecule has 3 nitrogen and oxygen atoms in total. The summed E-state index contributed by atoms with van der Waals surface area (Å²) in [6.07, 6.45) is 3.21. The van der Waals surface area contributed by atoms with E-state index in [9.17, 15) is 0 Å². The molecule has 0 bridgehead atoms. The van der Waals surface area contributed by atoms with Gasteiger partial charge in [0, 0.05) is 16.0 Å². The van der Waals surface area contributed by atoms with E-state index in [1.54, 1.807) is 17.5 Å². The average molecular weight is 270 g/mol. The van der Waals surface area contributed by atoms with E-state index in [1.165, 1.54) is 6.33 Å². The molecule has 0 aliphatic heterocycles. The molecule has 0 saturated heterocycles. The Morgan fingerprint density at radius 1 is 1.43 bits per heavy atom. The summed E-state index contributed by atoms with van der Waals surface area (Å²) in [5, 5.41) is 4.03. The molecular weight excluding hydrogens is 262 g/mol. The van der Waals surface area contributed by atoms with E-state index < -0.39 is 0 Å². The quantitative estimate of drug-likeness (QED) is 0.911. The monoisotopic (exact) mass is 269 g/mol. The molecule has 2 rings (SSSR count). The molecule has 2 aromatic rings. The molecular formula is C9H8BrN3S. The molecule has 0 fully saturated rings. The van der Waals surface area contributed by atoms with Crippen molar-refractivity contribution in [3.8, 4) is 0 Å². The lowest BCUT2D eigenvalue weighted by atomic mass is 10.1. The van der Waals surface area contributed by atoms with Crippen molar-refractivity contribution in [1.82, 2.24) is 9.97 Å². The number of hydrogen-bond donors (Lipinski definition) is 1. The third-order valence-electron chi connectivity index (χ3n) is 1.90. The number of hydrogen-bond acceptors (Lipinski definition) is 4. The van der Waals surface area contributed by atoms with Crippen molar-refractivity contribution in [3.05, 3.63) is 45.1 Å². The van der Waals surface area contributed by atoms with Crippen LogP contribution in [-0.4, -0.2) is 9.97 Å². The molecule has 14 heavy (non-hydrogen) atoms. The van der Waals surface area contributed by atoms with Gasteiger partial charge >= 0.3 is 0 Å². The summed E-state index contributed by atoms with van der Waals surface area (Å²) < 4.78 is 1.04. The first kappa shape index (κ1) is 9.76. The Kier molecular flexibility index (Phi) is 2.90. The Labute approximate surface area is 94.1 Å². The second kappa shape index (κ2) is 4.16. The van der Waals surface area contributed by atoms with Gasteiger partial charge in [0.05, 0.1) is 11.7 Å². The standard InChI is InChI=1S/C9H8BrN3S/c10-7-4-14-3-6(7)9(11)8-1-2-12-5-13-8/h1-5,9H,11H2. The molecule has 0 aliphatic rings. The second-order valence-corrected chi connectivity index (χ2v) is 4.38. The van der Waals surface area contributed by atoms with E-state index in [2.05, 4.69) is 25.9 Å². The van der Waals surface area contributed by atoms with E-state index in [1.807, 2.05) is 16.8 Å². The molecule has 2 heterocycles. The molecule has 1 atom stereocenters. The first-order valence-corrected chi connectivity index (χ1v) is 5.75. The van der Waals surface area contributed by atoms with Gasteiger partial charge in [0.25, 0.3) is 0 Å². The summed E-state index contributed by atoms with van der Waals surface area (Å²) in [5.41, 5.74) is 7.94. The molecule has 0 aliphatic carbocycles. The zero-order valence-electron chi connectivity index (χ0n) is 7.22. The van der Waals surface area contributed by atoms with Crippen LogP contribution in [-0.2, 0) is 0 Å². The van der Waals surface area contributed by atoms with Crippen LogP contribution in [0.3, 0.4) is 0 Å². The van der Waals surface area contributed by atoms with Gasteiger partial charge in [0.1, 0.15) is 6.33 Å². The second-order valence-electron chi connectivity index (χ2n) is 2.79. The predicted molar refractivity (Wildman–Crippen MR) is 60.1 cm³/mol. The van der Waals surface area contributed by atoms with Gasteiger partial charge in [-0.3, -0.25) is 0 Å². The molecule has 0 aromatic carbocycles. The van der Waals surface area contributed by atoms with E-state index >= 15 is 0 Å². The maximum absolute atomic E-state index is 6.05. The van der Waals surface area contributed by atoms with Gasteiger partial charge in [0.15, 0.2) is 0 Å². The minimum absolute atomic E-state index is 0.182. The maximum Gasteiger partial charge on any atom is 0.115 e. The van der Waals surface area contributed by atoms with Crippen molar-refractivity contribution < 1.29 is 0 Å². The Balaban J connectivity index is 2.34. The van der Waals surface area contributed by atoms with Crippen molar-refractivity contribution in [1.29, 1.82) is 0 Å². The van der Waals surface area contributed by atoms with Gasteiger partial charge < -0.3 is 5.73 Å². The molecule has 5 heteroatoms. The molecule has 0 saturated carbocycles. The van der Waals surface area contributed by atoms with Crippen molar-refractivity contribution in [2.45, 2.75) is 6.04 Å². The Morgan fingerprint density at radius 3 is 2.86 bits per heavy atom. The smallest absolute Gasteiger partial charge is 0.115 e. The molecule has 1 unspecified atom stereocenters. The largest absolute Gasteiger partial charge is 0.319 e. The molecule has 0 amide bonds. The van der Waals surface area contributed by atoms with Gasteiger partial charge in [0.2, 0.25) is 0 Å². The van der Waals surface area contributed by atoms with E-state index in [4.69, 9.17) is 5.73 Å². The number of nitrogens with two attached hydrogens (primary N) is 1. The molecule has 0 radical (unpaired) electrons. The summed E-state index contributed by atoms with van der Waals surface area (Å²) in [6.45, 7) is 0. The number of thiophene rings is 1. The van der Waals surface area contributed by atoms with Crippen LogP contribution in [0.4, 0.5) is 0 Å². The zero-order valence-corrected chi connectivity index (χ0v) is 9.62. The van der Waals surface area contributed by atoms with Crippen LogP contribution in [0.15, 0.2) is 33.8 Å².